The molecule has 1 amide bonds. The van der Waals surface area contributed by atoms with Gasteiger partial charge in [-0.25, -0.2) is 0 Å². The number of halogens is 1. The van der Waals surface area contributed by atoms with Crippen molar-refractivity contribution in [3.8, 4) is 6.07 Å². The molecule has 0 fully saturated rings. The molecule has 0 aliphatic heterocycles. The van der Waals surface area contributed by atoms with Gasteiger partial charge in [-0.05, 0) is 17.7 Å². The average molecular weight is 209 g/mol. The van der Waals surface area contributed by atoms with E-state index in [1.54, 1.807) is 24.3 Å². The van der Waals surface area contributed by atoms with Crippen molar-refractivity contribution < 1.29 is 4.79 Å². The highest BCUT2D eigenvalue weighted by molar-refractivity contribution is 6.21. The van der Waals surface area contributed by atoms with Gasteiger partial charge in [0.05, 0.1) is 17.0 Å². The topological polar surface area (TPSA) is 66.9 Å². The lowest BCUT2D eigenvalue weighted by Gasteiger charge is -2.06. The van der Waals surface area contributed by atoms with Crippen LogP contribution in [0.1, 0.15) is 22.9 Å². The Morgan fingerprint density at radius 3 is 2.50 bits per heavy atom. The predicted molar refractivity (Wildman–Crippen MR) is 53.6 cm³/mol. The number of primary amides is 1. The Hall–Kier alpha value is -1.53. The fraction of sp³-hybridized carbons (Fsp3) is 0.200. The van der Waals surface area contributed by atoms with Crippen LogP contribution in [0, 0.1) is 11.3 Å². The highest BCUT2D eigenvalue weighted by Gasteiger charge is 2.10. The predicted octanol–water partition coefficient (Wildman–Crippen LogP) is 1.71. The van der Waals surface area contributed by atoms with Crippen molar-refractivity contribution >= 4 is 17.5 Å². The van der Waals surface area contributed by atoms with E-state index in [-0.39, 0.29) is 6.42 Å². The molecule has 1 atom stereocenters. The molecule has 0 aliphatic rings. The second-order valence-corrected chi connectivity index (χ2v) is 3.40. The van der Waals surface area contributed by atoms with Crippen LogP contribution < -0.4 is 5.73 Å². The van der Waals surface area contributed by atoms with Crippen molar-refractivity contribution in [2.45, 2.75) is 11.8 Å². The Kier molecular flexibility index (Phi) is 3.49. The summed E-state index contributed by atoms with van der Waals surface area (Å²) in [6.45, 7) is 0. The first-order valence-corrected chi connectivity index (χ1v) is 4.49. The number of amides is 1. The number of carbonyl (C=O) groups excluding carboxylic acids is 1. The number of rotatable bonds is 3. The molecule has 0 saturated heterocycles. The Labute approximate surface area is 87.1 Å². The standard InChI is InChI=1S/C10H9ClN2O/c11-9(5-10(13)14)8-3-1-7(6-12)2-4-8/h1-4,9H,5H2,(H2,13,14). The number of hydrogen-bond acceptors (Lipinski definition) is 2. The van der Waals surface area contributed by atoms with Gasteiger partial charge in [-0.15, -0.1) is 11.6 Å². The summed E-state index contributed by atoms with van der Waals surface area (Å²) in [5, 5.41) is 8.14. The molecule has 1 aromatic carbocycles. The smallest absolute Gasteiger partial charge is 0.219 e. The van der Waals surface area contributed by atoms with E-state index in [1.165, 1.54) is 0 Å². The number of alkyl halides is 1. The molecule has 0 saturated carbocycles. The molecule has 0 heterocycles. The maximum atomic E-state index is 10.6. The van der Waals surface area contributed by atoms with E-state index in [4.69, 9.17) is 22.6 Å². The lowest BCUT2D eigenvalue weighted by atomic mass is 10.1. The number of hydrogen-bond donors (Lipinski definition) is 1. The van der Waals surface area contributed by atoms with Crippen LogP contribution >= 0.6 is 11.6 Å². The zero-order valence-electron chi connectivity index (χ0n) is 7.40. The summed E-state index contributed by atoms with van der Waals surface area (Å²) in [5.41, 5.74) is 6.37. The van der Waals surface area contributed by atoms with Crippen molar-refractivity contribution in [1.82, 2.24) is 0 Å². The zero-order chi connectivity index (χ0) is 10.6. The molecule has 3 nitrogen and oxygen atoms in total. The average Bonchev–Trinajstić information content (AvgIpc) is 2.17. The molecule has 4 heteroatoms. The fourth-order valence-electron chi connectivity index (χ4n) is 1.06. The lowest BCUT2D eigenvalue weighted by molar-refractivity contribution is -0.118. The Bertz CT molecular complexity index is 367. The molecule has 1 rings (SSSR count). The van der Waals surface area contributed by atoms with Crippen LogP contribution in [0.2, 0.25) is 0 Å². The van der Waals surface area contributed by atoms with Crippen LogP contribution in [0.5, 0.6) is 0 Å². The SMILES string of the molecule is N#Cc1ccc(C(Cl)CC(N)=O)cc1. The minimum absolute atomic E-state index is 0.105. The highest BCUT2D eigenvalue weighted by Crippen LogP contribution is 2.23. The van der Waals surface area contributed by atoms with Gasteiger partial charge in [0.25, 0.3) is 0 Å². The van der Waals surface area contributed by atoms with Crippen molar-refractivity contribution in [1.29, 1.82) is 5.26 Å². The highest BCUT2D eigenvalue weighted by atomic mass is 35.5. The van der Waals surface area contributed by atoms with Crippen molar-refractivity contribution in [3.05, 3.63) is 35.4 Å². The first-order valence-electron chi connectivity index (χ1n) is 4.06. The van der Waals surface area contributed by atoms with Crippen LogP contribution in [-0.2, 0) is 4.79 Å². The number of nitriles is 1. The molecule has 0 bridgehead atoms. The van der Waals surface area contributed by atoms with Gasteiger partial charge >= 0.3 is 0 Å². The van der Waals surface area contributed by atoms with Crippen LogP contribution in [0.4, 0.5) is 0 Å². The summed E-state index contributed by atoms with van der Waals surface area (Å²) in [4.78, 5) is 10.6. The fourth-order valence-corrected chi connectivity index (χ4v) is 1.36. The van der Waals surface area contributed by atoms with Crippen LogP contribution in [0.3, 0.4) is 0 Å². The third-order valence-corrected chi connectivity index (χ3v) is 2.19. The molecule has 0 aromatic heterocycles. The van der Waals surface area contributed by atoms with Crippen LogP contribution in [0.25, 0.3) is 0 Å². The summed E-state index contributed by atoms with van der Waals surface area (Å²) >= 11 is 5.91. The molecule has 1 aromatic rings. The van der Waals surface area contributed by atoms with E-state index in [0.29, 0.717) is 5.56 Å². The van der Waals surface area contributed by atoms with E-state index in [0.717, 1.165) is 5.56 Å². The van der Waals surface area contributed by atoms with Crippen molar-refractivity contribution in [2.24, 2.45) is 5.73 Å². The van der Waals surface area contributed by atoms with E-state index >= 15 is 0 Å². The minimum Gasteiger partial charge on any atom is -0.370 e. The van der Waals surface area contributed by atoms with Crippen molar-refractivity contribution in [2.75, 3.05) is 0 Å². The first kappa shape index (κ1) is 10.6. The molecule has 14 heavy (non-hydrogen) atoms. The Morgan fingerprint density at radius 2 is 2.07 bits per heavy atom. The van der Waals surface area contributed by atoms with Gasteiger partial charge in [-0.3, -0.25) is 4.79 Å². The first-order chi connectivity index (χ1) is 6.63. The largest absolute Gasteiger partial charge is 0.370 e. The van der Waals surface area contributed by atoms with E-state index in [9.17, 15) is 4.79 Å². The molecule has 0 radical (unpaired) electrons. The maximum absolute atomic E-state index is 10.6. The van der Waals surface area contributed by atoms with Crippen LogP contribution in [-0.4, -0.2) is 5.91 Å². The zero-order valence-corrected chi connectivity index (χ0v) is 8.16. The second-order valence-electron chi connectivity index (χ2n) is 2.87. The van der Waals surface area contributed by atoms with Gasteiger partial charge in [0.2, 0.25) is 5.91 Å². The maximum Gasteiger partial charge on any atom is 0.219 e. The van der Waals surface area contributed by atoms with E-state index in [2.05, 4.69) is 0 Å². The quantitative estimate of drug-likeness (QED) is 0.769. The molecule has 0 aliphatic carbocycles. The molecular weight excluding hydrogens is 200 g/mol. The van der Waals surface area contributed by atoms with Gasteiger partial charge in [0.15, 0.2) is 0 Å². The third-order valence-electron chi connectivity index (χ3n) is 1.78. The molecule has 72 valence electrons. The second kappa shape index (κ2) is 4.64. The Balaban J connectivity index is 2.77. The summed E-state index contributed by atoms with van der Waals surface area (Å²) in [5.74, 6) is -0.436. The van der Waals surface area contributed by atoms with Crippen molar-refractivity contribution in [3.63, 3.8) is 0 Å². The minimum atomic E-state index is -0.436. The van der Waals surface area contributed by atoms with E-state index < -0.39 is 11.3 Å². The lowest BCUT2D eigenvalue weighted by Crippen LogP contribution is -2.12. The summed E-state index contributed by atoms with van der Waals surface area (Å²) in [6.07, 6.45) is 0.105. The van der Waals surface area contributed by atoms with Gasteiger partial charge in [0, 0.05) is 6.42 Å². The number of nitrogens with two attached hydrogens (primary N) is 1. The third kappa shape index (κ3) is 2.75. The van der Waals surface area contributed by atoms with E-state index in [1.807, 2.05) is 6.07 Å². The summed E-state index contributed by atoms with van der Waals surface area (Å²) < 4.78 is 0. The van der Waals surface area contributed by atoms with Gasteiger partial charge < -0.3 is 5.73 Å². The summed E-state index contributed by atoms with van der Waals surface area (Å²) in [6, 6.07) is 8.76. The van der Waals surface area contributed by atoms with Gasteiger partial charge in [-0.1, -0.05) is 12.1 Å². The molecular formula is C10H9ClN2O. The van der Waals surface area contributed by atoms with Gasteiger partial charge in [-0.2, -0.15) is 5.26 Å². The molecule has 2 N–H and O–H groups in total. The van der Waals surface area contributed by atoms with Crippen LogP contribution in [0.15, 0.2) is 24.3 Å². The van der Waals surface area contributed by atoms with Gasteiger partial charge in [0.1, 0.15) is 0 Å². The number of carbonyl (C=O) groups is 1. The normalized spacial score (nSPS) is 11.7. The Morgan fingerprint density at radius 1 is 1.50 bits per heavy atom. The monoisotopic (exact) mass is 208 g/mol. The molecule has 1 unspecified atom stereocenters. The number of nitrogens with zero attached hydrogens (tertiary/aromatic N) is 1. The molecule has 0 spiro atoms. The number of benzene rings is 1. The summed E-state index contributed by atoms with van der Waals surface area (Å²) in [7, 11) is 0.